The van der Waals surface area contributed by atoms with Gasteiger partial charge in [-0.3, -0.25) is 9.36 Å². The van der Waals surface area contributed by atoms with Crippen LogP contribution in [0, 0.1) is 10.8 Å². The number of hydrogen-bond donors (Lipinski definition) is 2. The van der Waals surface area contributed by atoms with Crippen LogP contribution in [0.4, 0.5) is 0 Å². The Morgan fingerprint density at radius 2 is 1.89 bits per heavy atom. The van der Waals surface area contributed by atoms with Crippen LogP contribution >= 0.6 is 11.8 Å². The van der Waals surface area contributed by atoms with Gasteiger partial charge in [0.25, 0.3) is 0 Å². The van der Waals surface area contributed by atoms with Crippen molar-refractivity contribution in [1.29, 1.82) is 0 Å². The Balaban J connectivity index is 2.34. The number of carboxylic acids is 1. The molecule has 1 aliphatic carbocycles. The summed E-state index contributed by atoms with van der Waals surface area (Å²) >= 11 is 1.14. The predicted molar refractivity (Wildman–Crippen MR) is 70.9 cm³/mol. The van der Waals surface area contributed by atoms with Gasteiger partial charge in [0.15, 0.2) is 11.0 Å². The topological polar surface area (TPSA) is 88.2 Å². The number of aromatic nitrogens is 3. The largest absolute Gasteiger partial charge is 0.481 e. The van der Waals surface area contributed by atoms with Gasteiger partial charge in [-0.25, -0.2) is 0 Å². The van der Waals surface area contributed by atoms with E-state index < -0.39 is 5.97 Å². The quantitative estimate of drug-likeness (QED) is 0.798. The van der Waals surface area contributed by atoms with Crippen molar-refractivity contribution in [3.63, 3.8) is 0 Å². The van der Waals surface area contributed by atoms with Gasteiger partial charge in [-0.05, 0) is 10.8 Å². The molecule has 0 atom stereocenters. The number of hydrogen-bond acceptors (Lipinski definition) is 5. The van der Waals surface area contributed by atoms with E-state index in [4.69, 9.17) is 5.11 Å². The normalized spacial score (nSPS) is 20.5. The fourth-order valence-electron chi connectivity index (χ4n) is 2.71. The number of carbonyl (C=O) groups is 1. The van der Waals surface area contributed by atoms with Crippen molar-refractivity contribution in [1.82, 2.24) is 14.8 Å². The molecule has 1 fully saturated rings. The van der Waals surface area contributed by atoms with E-state index in [1.54, 1.807) is 0 Å². The van der Waals surface area contributed by atoms with E-state index in [0.717, 1.165) is 11.8 Å². The molecule has 2 N–H and O–H groups in total. The van der Waals surface area contributed by atoms with Gasteiger partial charge in [0.2, 0.25) is 0 Å². The fraction of sp³-hybridized carbons (Fsp3) is 0.750. The number of aliphatic hydroxyl groups excluding tert-OH is 1. The smallest absolute Gasteiger partial charge is 0.313 e. The molecule has 19 heavy (non-hydrogen) atoms. The molecule has 7 heteroatoms. The molecule has 0 amide bonds. The Morgan fingerprint density at radius 1 is 1.32 bits per heavy atom. The molecule has 0 radical (unpaired) electrons. The van der Waals surface area contributed by atoms with Crippen molar-refractivity contribution in [3.8, 4) is 0 Å². The molecule has 1 aromatic rings. The molecule has 0 unspecified atom stereocenters. The molecule has 0 spiro atoms. The van der Waals surface area contributed by atoms with Gasteiger partial charge in [0.1, 0.15) is 6.61 Å². The molecule has 0 bridgehead atoms. The third-order valence-corrected chi connectivity index (χ3v) is 5.33. The molecule has 1 heterocycles. The second kappa shape index (κ2) is 4.49. The summed E-state index contributed by atoms with van der Waals surface area (Å²) in [6.07, 6.45) is 0. The number of aliphatic carboxylic acids is 1. The van der Waals surface area contributed by atoms with Crippen molar-refractivity contribution >= 4 is 17.7 Å². The molecule has 0 aliphatic heterocycles. The molecule has 6 nitrogen and oxygen atoms in total. The zero-order chi connectivity index (χ0) is 14.4. The van der Waals surface area contributed by atoms with Crippen LogP contribution in [0.3, 0.4) is 0 Å². The first-order valence-electron chi connectivity index (χ1n) is 6.12. The van der Waals surface area contributed by atoms with Crippen LogP contribution in [0.15, 0.2) is 5.16 Å². The van der Waals surface area contributed by atoms with Crippen LogP contribution in [0.5, 0.6) is 0 Å². The second-order valence-corrected chi connectivity index (χ2v) is 6.90. The Morgan fingerprint density at radius 3 is 2.32 bits per heavy atom. The lowest BCUT2D eigenvalue weighted by molar-refractivity contribution is -0.133. The average molecular weight is 285 g/mol. The summed E-state index contributed by atoms with van der Waals surface area (Å²) in [4.78, 5) is 10.7. The maximum Gasteiger partial charge on any atom is 0.313 e. The lowest BCUT2D eigenvalue weighted by atomic mass is 10.0. The molecular formula is C12H19N3O3S. The van der Waals surface area contributed by atoms with Crippen LogP contribution in [0.2, 0.25) is 0 Å². The van der Waals surface area contributed by atoms with Crippen LogP contribution in [-0.2, 0) is 11.4 Å². The molecule has 0 aromatic carbocycles. The van der Waals surface area contributed by atoms with Gasteiger partial charge in [-0.1, -0.05) is 39.5 Å². The molecule has 106 valence electrons. The van der Waals surface area contributed by atoms with Gasteiger partial charge in [0.05, 0.1) is 5.75 Å². The van der Waals surface area contributed by atoms with Crippen LogP contribution in [0.1, 0.15) is 39.6 Å². The Kier molecular flexibility index (Phi) is 3.38. The highest BCUT2D eigenvalue weighted by Crippen LogP contribution is 2.72. The molecule has 1 aromatic heterocycles. The third-order valence-electron chi connectivity index (χ3n) is 4.40. The van der Waals surface area contributed by atoms with Gasteiger partial charge in [-0.2, -0.15) is 0 Å². The van der Waals surface area contributed by atoms with Crippen LogP contribution < -0.4 is 0 Å². The Bertz CT molecular complexity index is 496. The highest BCUT2D eigenvalue weighted by molar-refractivity contribution is 7.99. The SMILES string of the molecule is CC1(C)C(n2c(CO)nnc2SCC(=O)O)C1(C)C. The van der Waals surface area contributed by atoms with Crippen molar-refractivity contribution < 1.29 is 15.0 Å². The minimum Gasteiger partial charge on any atom is -0.481 e. The maximum atomic E-state index is 10.7. The Hall–Kier alpha value is -1.08. The van der Waals surface area contributed by atoms with Crippen molar-refractivity contribution in [3.05, 3.63) is 5.82 Å². The van der Waals surface area contributed by atoms with Crippen molar-refractivity contribution in [2.45, 2.75) is 45.5 Å². The first-order valence-corrected chi connectivity index (χ1v) is 7.11. The van der Waals surface area contributed by atoms with Gasteiger partial charge in [-0.15, -0.1) is 10.2 Å². The monoisotopic (exact) mass is 285 g/mol. The van der Waals surface area contributed by atoms with Crippen molar-refractivity contribution in [2.75, 3.05) is 5.75 Å². The van der Waals surface area contributed by atoms with E-state index >= 15 is 0 Å². The van der Waals surface area contributed by atoms with E-state index in [-0.39, 0.29) is 29.2 Å². The minimum absolute atomic E-state index is 0.0584. The first-order chi connectivity index (χ1) is 8.73. The average Bonchev–Trinajstić information content (AvgIpc) is 2.64. The summed E-state index contributed by atoms with van der Waals surface area (Å²) in [5.41, 5.74) is 0.135. The van der Waals surface area contributed by atoms with Gasteiger partial charge in [0, 0.05) is 6.04 Å². The fourth-order valence-corrected chi connectivity index (χ4v) is 3.41. The van der Waals surface area contributed by atoms with E-state index in [2.05, 4.69) is 37.9 Å². The standard InChI is InChI=1S/C12H19N3O3S/c1-11(2)9(12(11,3)4)15-7(5-16)13-14-10(15)19-6-8(17)18/h9,16H,5-6H2,1-4H3,(H,17,18). The zero-order valence-corrected chi connectivity index (χ0v) is 12.4. The summed E-state index contributed by atoms with van der Waals surface area (Å²) in [6, 6.07) is 0.174. The summed E-state index contributed by atoms with van der Waals surface area (Å²) < 4.78 is 1.90. The molecule has 0 saturated heterocycles. The molecule has 1 aliphatic rings. The number of carboxylic acid groups (broad SMARTS) is 1. The second-order valence-electron chi connectivity index (χ2n) is 5.96. The Labute approximate surface area is 116 Å². The number of aliphatic hydroxyl groups is 1. The lowest BCUT2D eigenvalue weighted by Crippen LogP contribution is -2.09. The summed E-state index contributed by atoms with van der Waals surface area (Å²) in [5, 5.41) is 26.7. The lowest BCUT2D eigenvalue weighted by Gasteiger charge is -2.10. The minimum atomic E-state index is -0.889. The molecule has 1 saturated carbocycles. The summed E-state index contributed by atoms with van der Waals surface area (Å²) in [5.74, 6) is -0.451. The zero-order valence-electron chi connectivity index (χ0n) is 11.5. The van der Waals surface area contributed by atoms with E-state index in [1.807, 2.05) is 4.57 Å². The number of thioether (sulfide) groups is 1. The van der Waals surface area contributed by atoms with Gasteiger partial charge < -0.3 is 10.2 Å². The number of nitrogens with zero attached hydrogens (tertiary/aromatic N) is 3. The van der Waals surface area contributed by atoms with E-state index in [0.29, 0.717) is 11.0 Å². The highest BCUT2D eigenvalue weighted by Gasteiger charge is 2.66. The summed E-state index contributed by atoms with van der Waals surface area (Å²) in [6.45, 7) is 8.44. The van der Waals surface area contributed by atoms with Crippen molar-refractivity contribution in [2.24, 2.45) is 10.8 Å². The summed E-state index contributed by atoms with van der Waals surface area (Å²) in [7, 11) is 0. The predicted octanol–water partition coefficient (Wildman–Crippen LogP) is 1.55. The van der Waals surface area contributed by atoms with Gasteiger partial charge >= 0.3 is 5.97 Å². The maximum absolute atomic E-state index is 10.7. The highest BCUT2D eigenvalue weighted by atomic mass is 32.2. The van der Waals surface area contributed by atoms with Crippen LogP contribution in [-0.4, -0.2) is 36.7 Å². The van der Waals surface area contributed by atoms with Crippen LogP contribution in [0.25, 0.3) is 0 Å². The molecular weight excluding hydrogens is 266 g/mol. The van der Waals surface area contributed by atoms with E-state index in [9.17, 15) is 9.90 Å². The number of rotatable bonds is 5. The molecule has 2 rings (SSSR count). The first kappa shape index (κ1) is 14.3. The third kappa shape index (κ3) is 2.14. The van der Waals surface area contributed by atoms with E-state index in [1.165, 1.54) is 0 Å².